The number of rotatable bonds is 8. The van der Waals surface area contributed by atoms with Crippen LogP contribution in [-0.2, 0) is 17.9 Å². The molecule has 31 heavy (non-hydrogen) atoms. The van der Waals surface area contributed by atoms with E-state index in [1.54, 1.807) is 19.0 Å². The molecule has 7 nitrogen and oxygen atoms in total. The highest BCUT2D eigenvalue weighted by Crippen LogP contribution is 2.21. The Hall–Kier alpha value is -3.32. The van der Waals surface area contributed by atoms with E-state index < -0.39 is 0 Å². The molecule has 0 aliphatic rings. The molecule has 1 N–H and O–H groups in total. The van der Waals surface area contributed by atoms with Gasteiger partial charge in [-0.3, -0.25) is 4.79 Å². The summed E-state index contributed by atoms with van der Waals surface area (Å²) in [6.45, 7) is 2.24. The normalized spacial score (nSPS) is 11.0. The molecule has 0 bridgehead atoms. The van der Waals surface area contributed by atoms with Crippen molar-refractivity contribution in [1.29, 1.82) is 0 Å². The van der Waals surface area contributed by atoms with Crippen LogP contribution in [0.5, 0.6) is 0 Å². The van der Waals surface area contributed by atoms with Gasteiger partial charge in [0.2, 0.25) is 5.91 Å². The summed E-state index contributed by atoms with van der Waals surface area (Å²) in [6, 6.07) is 17.6. The summed E-state index contributed by atoms with van der Waals surface area (Å²) in [5.41, 5.74) is 2.79. The van der Waals surface area contributed by atoms with Crippen molar-refractivity contribution >= 4 is 28.5 Å². The maximum Gasteiger partial charge on any atom is 0.322 e. The van der Waals surface area contributed by atoms with Crippen molar-refractivity contribution in [3.63, 3.8) is 0 Å². The van der Waals surface area contributed by atoms with Crippen LogP contribution in [0, 0.1) is 0 Å². The fourth-order valence-electron chi connectivity index (χ4n) is 3.28. The van der Waals surface area contributed by atoms with Gasteiger partial charge in [-0.05, 0) is 43.9 Å². The van der Waals surface area contributed by atoms with Crippen LogP contribution in [0.4, 0.5) is 10.5 Å². The molecule has 3 amide bonds. The standard InChI is InChI=1S/C24H31N5O2/c1-26(2)14-15-29(17-19-8-6-5-7-9-19)24(31)25-21-10-11-22-20(16-21)12-13-28(22)18-23(30)27(3)4/h5-13,16H,14-15,17-18H2,1-4H3,(H,25,31). The summed E-state index contributed by atoms with van der Waals surface area (Å²) in [5, 5.41) is 4.01. The highest BCUT2D eigenvalue weighted by molar-refractivity contribution is 5.93. The lowest BCUT2D eigenvalue weighted by Crippen LogP contribution is -2.39. The Kier molecular flexibility index (Phi) is 7.31. The Morgan fingerprint density at radius 1 is 0.935 bits per heavy atom. The molecular formula is C24H31N5O2. The van der Waals surface area contributed by atoms with Gasteiger partial charge in [0.15, 0.2) is 0 Å². The fourth-order valence-corrected chi connectivity index (χ4v) is 3.28. The molecule has 0 radical (unpaired) electrons. The molecule has 1 heterocycles. The summed E-state index contributed by atoms with van der Waals surface area (Å²) in [5.74, 6) is 0.0346. The van der Waals surface area contributed by atoms with E-state index in [2.05, 4.69) is 10.2 Å². The summed E-state index contributed by atoms with van der Waals surface area (Å²) in [4.78, 5) is 30.5. The molecule has 0 spiro atoms. The third kappa shape index (κ3) is 6.08. The van der Waals surface area contributed by atoms with Gasteiger partial charge < -0.3 is 24.6 Å². The Labute approximate surface area is 183 Å². The van der Waals surface area contributed by atoms with Gasteiger partial charge in [-0.1, -0.05) is 30.3 Å². The van der Waals surface area contributed by atoms with Gasteiger partial charge in [0.1, 0.15) is 6.54 Å². The van der Waals surface area contributed by atoms with Crippen LogP contribution in [0.3, 0.4) is 0 Å². The first-order chi connectivity index (χ1) is 14.8. The summed E-state index contributed by atoms with van der Waals surface area (Å²) in [7, 11) is 7.49. The second-order valence-corrected chi connectivity index (χ2v) is 8.15. The van der Waals surface area contributed by atoms with E-state index in [1.165, 1.54) is 0 Å². The van der Waals surface area contributed by atoms with Gasteiger partial charge in [-0.2, -0.15) is 0 Å². The smallest absolute Gasteiger partial charge is 0.322 e. The minimum Gasteiger partial charge on any atom is -0.347 e. The lowest BCUT2D eigenvalue weighted by Gasteiger charge is -2.25. The van der Waals surface area contributed by atoms with Gasteiger partial charge in [0, 0.05) is 56.5 Å². The van der Waals surface area contributed by atoms with Crippen LogP contribution in [0.2, 0.25) is 0 Å². The number of fused-ring (bicyclic) bond motifs is 1. The SMILES string of the molecule is CN(C)CCN(Cc1ccccc1)C(=O)Nc1ccc2c(ccn2CC(=O)N(C)C)c1. The molecule has 3 aromatic rings. The van der Waals surface area contributed by atoms with Gasteiger partial charge in [-0.25, -0.2) is 4.79 Å². The van der Waals surface area contributed by atoms with Gasteiger partial charge in [0.25, 0.3) is 0 Å². The number of amides is 3. The zero-order valence-corrected chi connectivity index (χ0v) is 18.7. The van der Waals surface area contributed by atoms with Crippen LogP contribution >= 0.6 is 0 Å². The quantitative estimate of drug-likeness (QED) is 0.607. The predicted molar refractivity (Wildman–Crippen MR) is 125 cm³/mol. The molecule has 0 saturated heterocycles. The Balaban J connectivity index is 1.73. The zero-order chi connectivity index (χ0) is 22.4. The molecule has 1 aromatic heterocycles. The third-order valence-corrected chi connectivity index (χ3v) is 5.15. The molecule has 2 aromatic carbocycles. The van der Waals surface area contributed by atoms with E-state index in [1.807, 2.05) is 84.4 Å². The molecule has 0 atom stereocenters. The number of aromatic nitrogens is 1. The first-order valence-electron chi connectivity index (χ1n) is 10.4. The number of benzene rings is 2. The second-order valence-electron chi connectivity index (χ2n) is 8.15. The predicted octanol–water partition coefficient (Wildman–Crippen LogP) is 3.33. The van der Waals surface area contributed by atoms with E-state index in [0.29, 0.717) is 13.1 Å². The van der Waals surface area contributed by atoms with E-state index in [-0.39, 0.29) is 18.5 Å². The van der Waals surface area contributed by atoms with Gasteiger partial charge in [-0.15, -0.1) is 0 Å². The van der Waals surface area contributed by atoms with Crippen molar-refractivity contribution < 1.29 is 9.59 Å². The average molecular weight is 422 g/mol. The molecule has 0 aliphatic heterocycles. The molecule has 164 valence electrons. The van der Waals surface area contributed by atoms with Crippen molar-refractivity contribution in [2.24, 2.45) is 0 Å². The van der Waals surface area contributed by atoms with Crippen LogP contribution in [0.1, 0.15) is 5.56 Å². The van der Waals surface area contributed by atoms with Crippen LogP contribution < -0.4 is 5.32 Å². The molecule has 3 rings (SSSR count). The average Bonchev–Trinajstić information content (AvgIpc) is 3.13. The first kappa shape index (κ1) is 22.4. The van der Waals surface area contributed by atoms with Gasteiger partial charge >= 0.3 is 6.03 Å². The molecule has 0 saturated carbocycles. The molecule has 0 fully saturated rings. The first-order valence-corrected chi connectivity index (χ1v) is 10.4. The fraction of sp³-hybridized carbons (Fsp3) is 0.333. The molecule has 0 unspecified atom stereocenters. The number of hydrogen-bond acceptors (Lipinski definition) is 3. The number of urea groups is 1. The number of likely N-dealkylation sites (N-methyl/N-ethyl adjacent to an activating group) is 2. The molecule has 7 heteroatoms. The lowest BCUT2D eigenvalue weighted by atomic mass is 10.2. The van der Waals surface area contributed by atoms with Crippen LogP contribution in [0.25, 0.3) is 10.9 Å². The summed E-state index contributed by atoms with van der Waals surface area (Å²) >= 11 is 0. The summed E-state index contributed by atoms with van der Waals surface area (Å²) in [6.07, 6.45) is 1.90. The van der Waals surface area contributed by atoms with Crippen LogP contribution in [0.15, 0.2) is 60.8 Å². The van der Waals surface area contributed by atoms with Crippen molar-refractivity contribution in [1.82, 2.24) is 19.3 Å². The van der Waals surface area contributed by atoms with Crippen molar-refractivity contribution in [3.05, 3.63) is 66.4 Å². The summed E-state index contributed by atoms with van der Waals surface area (Å²) < 4.78 is 1.92. The number of nitrogens with one attached hydrogen (secondary N) is 1. The Morgan fingerprint density at radius 3 is 2.35 bits per heavy atom. The monoisotopic (exact) mass is 421 g/mol. The highest BCUT2D eigenvalue weighted by Gasteiger charge is 2.15. The molecule has 0 aliphatic carbocycles. The minimum atomic E-state index is -0.132. The Bertz CT molecular complexity index is 1030. The largest absolute Gasteiger partial charge is 0.347 e. The van der Waals surface area contributed by atoms with Crippen molar-refractivity contribution in [3.8, 4) is 0 Å². The number of nitrogens with zero attached hydrogens (tertiary/aromatic N) is 4. The molecular weight excluding hydrogens is 390 g/mol. The number of carbonyl (C=O) groups is 2. The number of carbonyl (C=O) groups excluding carboxylic acids is 2. The maximum atomic E-state index is 13.0. The topological polar surface area (TPSA) is 60.8 Å². The van der Waals surface area contributed by atoms with E-state index >= 15 is 0 Å². The van der Waals surface area contributed by atoms with Crippen molar-refractivity contribution in [2.45, 2.75) is 13.1 Å². The van der Waals surface area contributed by atoms with E-state index in [4.69, 9.17) is 0 Å². The highest BCUT2D eigenvalue weighted by atomic mass is 16.2. The van der Waals surface area contributed by atoms with Crippen LogP contribution in [-0.4, -0.2) is 72.5 Å². The lowest BCUT2D eigenvalue weighted by molar-refractivity contribution is -0.129. The van der Waals surface area contributed by atoms with E-state index in [0.717, 1.165) is 28.7 Å². The Morgan fingerprint density at radius 2 is 1.68 bits per heavy atom. The van der Waals surface area contributed by atoms with E-state index in [9.17, 15) is 9.59 Å². The van der Waals surface area contributed by atoms with Gasteiger partial charge in [0.05, 0.1) is 0 Å². The number of hydrogen-bond donors (Lipinski definition) is 1. The third-order valence-electron chi connectivity index (χ3n) is 5.15. The minimum absolute atomic E-state index is 0.0346. The maximum absolute atomic E-state index is 13.0. The van der Waals surface area contributed by atoms with Crippen molar-refractivity contribution in [2.75, 3.05) is 46.6 Å². The zero-order valence-electron chi connectivity index (χ0n) is 18.7. The second kappa shape index (κ2) is 10.1. The number of anilines is 1.